The van der Waals surface area contributed by atoms with Crippen molar-refractivity contribution in [2.45, 2.75) is 73.1 Å². The van der Waals surface area contributed by atoms with Gasteiger partial charge in [0.05, 0.1) is 0 Å². The van der Waals surface area contributed by atoms with Crippen LogP contribution in [0.4, 0.5) is 0 Å². The number of aryl methyl sites for hydroxylation is 3. The van der Waals surface area contributed by atoms with E-state index in [4.69, 9.17) is 18.9 Å². The molecule has 0 amide bonds. The molecule has 0 aliphatic heterocycles. The molecule has 4 nitrogen and oxygen atoms in total. The molecule has 5 heteroatoms. The van der Waals surface area contributed by atoms with E-state index in [1.54, 1.807) is 14.2 Å². The number of rotatable bonds is 9. The molecule has 0 fully saturated rings. The molecule has 0 bridgehead atoms. The van der Waals surface area contributed by atoms with E-state index in [0.29, 0.717) is 0 Å². The maximum Gasteiger partial charge on any atom is 0.188 e. The predicted molar refractivity (Wildman–Crippen MR) is 162 cm³/mol. The van der Waals surface area contributed by atoms with Crippen molar-refractivity contribution in [3.8, 4) is 11.5 Å². The molecule has 0 saturated carbocycles. The van der Waals surface area contributed by atoms with Crippen LogP contribution in [-0.2, 0) is 20.3 Å². The zero-order chi connectivity index (χ0) is 28.3. The maximum atomic E-state index is 6.42. The van der Waals surface area contributed by atoms with Gasteiger partial charge in [0, 0.05) is 36.0 Å². The lowest BCUT2D eigenvalue weighted by Gasteiger charge is -2.32. The van der Waals surface area contributed by atoms with Crippen LogP contribution in [-0.4, -0.2) is 27.8 Å². The minimum absolute atomic E-state index is 0.111. The van der Waals surface area contributed by atoms with Crippen LogP contribution in [0, 0.1) is 20.8 Å². The number of methoxy groups -OCH3 is 2. The van der Waals surface area contributed by atoms with Gasteiger partial charge in [0.1, 0.15) is 11.5 Å². The molecule has 0 N–H and O–H groups in total. The van der Waals surface area contributed by atoms with Crippen LogP contribution in [0.3, 0.4) is 0 Å². The summed E-state index contributed by atoms with van der Waals surface area (Å²) in [6.45, 7) is 20.3. The molecule has 0 radical (unpaired) electrons. The Morgan fingerprint density at radius 1 is 0.632 bits per heavy atom. The van der Waals surface area contributed by atoms with E-state index in [9.17, 15) is 0 Å². The average molecular weight is 537 g/mol. The van der Waals surface area contributed by atoms with Crippen molar-refractivity contribution < 1.29 is 18.9 Å². The van der Waals surface area contributed by atoms with Crippen molar-refractivity contribution >= 4 is 23.8 Å². The smallest absolute Gasteiger partial charge is 0.188 e. The topological polar surface area (TPSA) is 36.9 Å². The van der Waals surface area contributed by atoms with Gasteiger partial charge in [0.25, 0.3) is 0 Å². The molecule has 38 heavy (non-hydrogen) atoms. The summed E-state index contributed by atoms with van der Waals surface area (Å²) < 4.78 is 23.7. The van der Waals surface area contributed by atoms with Crippen LogP contribution in [0.15, 0.2) is 48.5 Å². The van der Waals surface area contributed by atoms with Gasteiger partial charge in [-0.05, 0) is 56.0 Å². The lowest BCUT2D eigenvalue weighted by molar-refractivity contribution is 0.0506. The highest BCUT2D eigenvalue weighted by atomic mass is 31.1. The van der Waals surface area contributed by atoms with Crippen LogP contribution >= 0.6 is 7.92 Å². The van der Waals surface area contributed by atoms with Crippen LogP contribution < -0.4 is 25.4 Å². The second-order valence-corrected chi connectivity index (χ2v) is 14.1. The first-order chi connectivity index (χ1) is 17.8. The zero-order valence-corrected chi connectivity index (χ0v) is 26.0. The fourth-order valence-corrected chi connectivity index (χ4v) is 7.84. The second-order valence-electron chi connectivity index (χ2n) is 12.0. The Kier molecular flexibility index (Phi) is 9.68. The van der Waals surface area contributed by atoms with E-state index < -0.39 is 7.92 Å². The summed E-state index contributed by atoms with van der Waals surface area (Å²) >= 11 is 0. The van der Waals surface area contributed by atoms with Gasteiger partial charge in [-0.15, -0.1) is 0 Å². The first kappa shape index (κ1) is 30.2. The third kappa shape index (κ3) is 6.60. The van der Waals surface area contributed by atoms with Crippen molar-refractivity contribution in [1.29, 1.82) is 0 Å². The molecular formula is C33H45O4P. The Labute approximate surface area is 231 Å². The Balaban J connectivity index is 2.49. The molecule has 0 heterocycles. The highest BCUT2D eigenvalue weighted by Gasteiger charge is 2.32. The largest absolute Gasteiger partial charge is 0.467 e. The number of para-hydroxylation sites is 2. The van der Waals surface area contributed by atoms with Gasteiger partial charge < -0.3 is 18.9 Å². The van der Waals surface area contributed by atoms with Crippen LogP contribution in [0.2, 0.25) is 0 Å². The third-order valence-electron chi connectivity index (χ3n) is 6.59. The van der Waals surface area contributed by atoms with E-state index in [1.807, 2.05) is 0 Å². The number of benzene rings is 3. The Morgan fingerprint density at radius 2 is 1.03 bits per heavy atom. The van der Waals surface area contributed by atoms with E-state index in [1.165, 1.54) is 22.0 Å². The summed E-state index contributed by atoms with van der Waals surface area (Å²) in [7, 11) is 2.27. The summed E-state index contributed by atoms with van der Waals surface area (Å²) in [5.41, 5.74) is 5.90. The van der Waals surface area contributed by atoms with Gasteiger partial charge in [-0.3, -0.25) is 0 Å². The monoisotopic (exact) mass is 536 g/mol. The van der Waals surface area contributed by atoms with Gasteiger partial charge in [-0.25, -0.2) is 0 Å². The predicted octanol–water partition coefficient (Wildman–Crippen LogP) is 6.93. The van der Waals surface area contributed by atoms with Gasteiger partial charge in [-0.2, -0.15) is 0 Å². The highest BCUT2D eigenvalue weighted by Crippen LogP contribution is 2.46. The van der Waals surface area contributed by atoms with Crippen LogP contribution in [0.1, 0.15) is 69.4 Å². The molecule has 0 atom stereocenters. The zero-order valence-electron chi connectivity index (χ0n) is 25.1. The van der Waals surface area contributed by atoms with Crippen LogP contribution in [0.25, 0.3) is 0 Å². The van der Waals surface area contributed by atoms with Crippen molar-refractivity contribution in [2.24, 2.45) is 0 Å². The van der Waals surface area contributed by atoms with Crippen molar-refractivity contribution in [2.75, 3.05) is 27.8 Å². The normalized spacial score (nSPS) is 12.2. The molecule has 0 aromatic heterocycles. The van der Waals surface area contributed by atoms with Crippen molar-refractivity contribution in [3.05, 3.63) is 76.3 Å². The third-order valence-corrected chi connectivity index (χ3v) is 9.41. The van der Waals surface area contributed by atoms with Gasteiger partial charge in [-0.1, -0.05) is 95.6 Å². The average Bonchev–Trinajstić information content (AvgIpc) is 2.82. The lowest BCUT2D eigenvalue weighted by atomic mass is 9.86. The van der Waals surface area contributed by atoms with Crippen LogP contribution in [0.5, 0.6) is 11.5 Å². The highest BCUT2D eigenvalue weighted by molar-refractivity contribution is 7.80. The van der Waals surface area contributed by atoms with E-state index >= 15 is 0 Å². The standard InChI is InChI=1S/C33H45O4P/c1-22-18-23(2)31(24(3)19-22)38(27-16-12-14-25(32(4,5)6)29(27)36-20-34-10)28-17-13-15-26(33(7,8)9)30(28)37-21-35-11/h12-19H,20-21H2,1-11H3. The van der Waals surface area contributed by atoms with E-state index in [2.05, 4.69) is 111 Å². The van der Waals surface area contributed by atoms with Gasteiger partial charge in [0.2, 0.25) is 0 Å². The lowest BCUT2D eigenvalue weighted by Crippen LogP contribution is -2.30. The summed E-state index contributed by atoms with van der Waals surface area (Å²) in [4.78, 5) is 0. The number of ether oxygens (including phenoxy) is 4. The quantitative estimate of drug-likeness (QED) is 0.220. The molecular weight excluding hydrogens is 491 g/mol. The Hall–Kier alpha value is -2.39. The summed E-state index contributed by atoms with van der Waals surface area (Å²) in [6, 6.07) is 17.7. The van der Waals surface area contributed by atoms with Crippen molar-refractivity contribution in [1.82, 2.24) is 0 Å². The minimum atomic E-state index is -1.06. The van der Waals surface area contributed by atoms with Gasteiger partial charge >= 0.3 is 0 Å². The summed E-state index contributed by atoms with van der Waals surface area (Å²) in [5.74, 6) is 1.79. The van der Waals surface area contributed by atoms with E-state index in [-0.39, 0.29) is 24.4 Å². The molecule has 206 valence electrons. The molecule has 0 saturated heterocycles. The second kappa shape index (κ2) is 12.2. The molecule has 0 spiro atoms. The summed E-state index contributed by atoms with van der Waals surface area (Å²) in [6.07, 6.45) is 0. The number of hydrogen-bond donors (Lipinski definition) is 0. The molecule has 3 aromatic carbocycles. The van der Waals surface area contributed by atoms with Crippen molar-refractivity contribution in [3.63, 3.8) is 0 Å². The first-order valence-electron chi connectivity index (χ1n) is 13.2. The minimum Gasteiger partial charge on any atom is -0.467 e. The number of hydrogen-bond acceptors (Lipinski definition) is 4. The maximum absolute atomic E-state index is 6.42. The van der Waals surface area contributed by atoms with Gasteiger partial charge in [0.15, 0.2) is 13.6 Å². The fraction of sp³-hybridized carbons (Fsp3) is 0.455. The molecule has 0 aliphatic rings. The molecule has 3 aromatic rings. The summed E-state index contributed by atoms with van der Waals surface area (Å²) in [5, 5.41) is 3.65. The molecule has 0 unspecified atom stereocenters. The Morgan fingerprint density at radius 3 is 1.37 bits per heavy atom. The fourth-order valence-electron chi connectivity index (χ4n) is 5.02. The Bertz CT molecular complexity index is 1160. The SMILES string of the molecule is COCOc1c(P(c2cccc(C(C)(C)C)c2OCOC)c2c(C)cc(C)cc2C)cccc1C(C)(C)C. The molecule has 0 aliphatic carbocycles. The first-order valence-corrected chi connectivity index (χ1v) is 14.5. The van der Waals surface area contributed by atoms with E-state index in [0.717, 1.165) is 33.2 Å². The molecule has 3 rings (SSSR count).